The summed E-state index contributed by atoms with van der Waals surface area (Å²) < 4.78 is 12.5. The molecule has 1 aromatic carbocycles. The Morgan fingerprint density at radius 1 is 0.880 bits per heavy atom. The lowest BCUT2D eigenvalue weighted by Crippen LogP contribution is -2.50. The zero-order chi connectivity index (χ0) is 17.4. The molecular formula is C18H19N3O4. The van der Waals surface area contributed by atoms with Crippen LogP contribution in [0, 0.1) is 0 Å². The molecule has 7 heteroatoms. The molecule has 2 aliphatic rings. The van der Waals surface area contributed by atoms with Crippen molar-refractivity contribution < 1.29 is 19.1 Å². The zero-order valence-corrected chi connectivity index (χ0v) is 14.0. The Morgan fingerprint density at radius 3 is 2.16 bits per heavy atom. The van der Waals surface area contributed by atoms with Gasteiger partial charge >= 0.3 is 0 Å². The highest BCUT2D eigenvalue weighted by Crippen LogP contribution is 2.32. The van der Waals surface area contributed by atoms with E-state index in [2.05, 4.69) is 0 Å². The Kier molecular flexibility index (Phi) is 3.83. The first-order valence-electron chi connectivity index (χ1n) is 8.22. The highest BCUT2D eigenvalue weighted by molar-refractivity contribution is 5.96. The fourth-order valence-corrected chi connectivity index (χ4v) is 3.14. The average Bonchev–Trinajstić information content (AvgIpc) is 3.28. The van der Waals surface area contributed by atoms with Crippen LogP contribution < -0.4 is 9.47 Å². The van der Waals surface area contributed by atoms with E-state index in [0.29, 0.717) is 48.8 Å². The number of carbonyl (C=O) groups is 2. The van der Waals surface area contributed by atoms with Crippen LogP contribution in [0.15, 0.2) is 36.7 Å². The van der Waals surface area contributed by atoms with Crippen molar-refractivity contribution >= 4 is 11.8 Å². The van der Waals surface area contributed by atoms with E-state index in [4.69, 9.17) is 9.47 Å². The SMILES string of the molecule is Cn1ccc(C(=O)N2CCN(C(=O)c3ccc4c(c3)OCO4)CC2)c1. The Morgan fingerprint density at radius 2 is 1.52 bits per heavy atom. The summed E-state index contributed by atoms with van der Waals surface area (Å²) in [5.74, 6) is 1.22. The van der Waals surface area contributed by atoms with Gasteiger partial charge in [-0.05, 0) is 24.3 Å². The molecule has 4 rings (SSSR count). The molecule has 0 aliphatic carbocycles. The summed E-state index contributed by atoms with van der Waals surface area (Å²) in [6.45, 7) is 2.29. The maximum Gasteiger partial charge on any atom is 0.255 e. The van der Waals surface area contributed by atoms with Crippen LogP contribution in [0.1, 0.15) is 20.7 Å². The number of carbonyl (C=O) groups excluding carboxylic acids is 2. The van der Waals surface area contributed by atoms with Crippen molar-refractivity contribution in [1.82, 2.24) is 14.4 Å². The van der Waals surface area contributed by atoms with E-state index in [0.717, 1.165) is 0 Å². The number of hydrogen-bond acceptors (Lipinski definition) is 4. The number of piperazine rings is 1. The van der Waals surface area contributed by atoms with Gasteiger partial charge in [0, 0.05) is 51.2 Å². The van der Waals surface area contributed by atoms with Crippen LogP contribution in [0.3, 0.4) is 0 Å². The van der Waals surface area contributed by atoms with Crippen molar-refractivity contribution in [3.05, 3.63) is 47.8 Å². The van der Waals surface area contributed by atoms with E-state index in [1.165, 1.54) is 0 Å². The van der Waals surface area contributed by atoms with Crippen molar-refractivity contribution in [1.29, 1.82) is 0 Å². The maximum atomic E-state index is 12.7. The van der Waals surface area contributed by atoms with Crippen molar-refractivity contribution in [2.75, 3.05) is 33.0 Å². The lowest BCUT2D eigenvalue weighted by atomic mass is 10.1. The molecular weight excluding hydrogens is 322 g/mol. The summed E-state index contributed by atoms with van der Waals surface area (Å²) in [5.41, 5.74) is 1.25. The summed E-state index contributed by atoms with van der Waals surface area (Å²) in [6, 6.07) is 7.03. The molecule has 2 aromatic rings. The van der Waals surface area contributed by atoms with Gasteiger partial charge in [0.25, 0.3) is 11.8 Å². The van der Waals surface area contributed by atoms with Crippen LogP contribution in [0.4, 0.5) is 0 Å². The van der Waals surface area contributed by atoms with Crippen LogP contribution in [-0.2, 0) is 7.05 Å². The predicted octanol–water partition coefficient (Wildman–Crippen LogP) is 1.35. The summed E-state index contributed by atoms with van der Waals surface area (Å²) in [7, 11) is 1.89. The largest absolute Gasteiger partial charge is 0.454 e. The Hall–Kier alpha value is -2.96. The molecule has 7 nitrogen and oxygen atoms in total. The first-order valence-corrected chi connectivity index (χ1v) is 8.22. The molecule has 0 N–H and O–H groups in total. The van der Waals surface area contributed by atoms with E-state index >= 15 is 0 Å². The molecule has 1 fully saturated rings. The fourth-order valence-electron chi connectivity index (χ4n) is 3.14. The Balaban J connectivity index is 1.40. The third-order valence-electron chi connectivity index (χ3n) is 4.55. The number of ether oxygens (including phenoxy) is 2. The van der Waals surface area contributed by atoms with E-state index in [1.807, 2.05) is 30.1 Å². The van der Waals surface area contributed by atoms with Gasteiger partial charge in [-0.3, -0.25) is 9.59 Å². The van der Waals surface area contributed by atoms with E-state index in [9.17, 15) is 9.59 Å². The average molecular weight is 341 g/mol. The van der Waals surface area contributed by atoms with Gasteiger partial charge in [0.1, 0.15) is 0 Å². The van der Waals surface area contributed by atoms with E-state index in [-0.39, 0.29) is 18.6 Å². The zero-order valence-electron chi connectivity index (χ0n) is 14.0. The second kappa shape index (κ2) is 6.16. The van der Waals surface area contributed by atoms with Crippen LogP contribution in [0.5, 0.6) is 11.5 Å². The molecule has 1 aromatic heterocycles. The maximum absolute atomic E-state index is 12.7. The molecule has 0 spiro atoms. The number of rotatable bonds is 2. The van der Waals surface area contributed by atoms with Gasteiger partial charge in [0.15, 0.2) is 11.5 Å². The Bertz CT molecular complexity index is 821. The van der Waals surface area contributed by atoms with Crippen LogP contribution in [-0.4, -0.2) is 59.2 Å². The van der Waals surface area contributed by atoms with Gasteiger partial charge in [0.2, 0.25) is 6.79 Å². The molecule has 0 bridgehead atoms. The summed E-state index contributed by atoms with van der Waals surface area (Å²) in [4.78, 5) is 28.7. The van der Waals surface area contributed by atoms with Crippen LogP contribution >= 0.6 is 0 Å². The topological polar surface area (TPSA) is 64.0 Å². The van der Waals surface area contributed by atoms with Crippen molar-refractivity contribution in [2.45, 2.75) is 0 Å². The quantitative estimate of drug-likeness (QED) is 0.827. The lowest BCUT2D eigenvalue weighted by Gasteiger charge is -2.34. The normalized spacial score (nSPS) is 16.2. The summed E-state index contributed by atoms with van der Waals surface area (Å²) in [5, 5.41) is 0. The minimum absolute atomic E-state index is 0.00998. The molecule has 0 atom stereocenters. The van der Waals surface area contributed by atoms with Gasteiger partial charge in [-0.2, -0.15) is 0 Å². The smallest absolute Gasteiger partial charge is 0.255 e. The number of aryl methyl sites for hydroxylation is 1. The summed E-state index contributed by atoms with van der Waals surface area (Å²) >= 11 is 0. The van der Waals surface area contributed by atoms with Crippen molar-refractivity contribution in [3.63, 3.8) is 0 Å². The molecule has 0 saturated carbocycles. The van der Waals surface area contributed by atoms with Gasteiger partial charge in [-0.25, -0.2) is 0 Å². The number of aromatic nitrogens is 1. The molecule has 2 amide bonds. The number of amides is 2. The molecule has 0 unspecified atom stereocenters. The third-order valence-corrected chi connectivity index (χ3v) is 4.55. The second-order valence-corrected chi connectivity index (χ2v) is 6.22. The standard InChI is InChI=1S/C18H19N3O4/c1-19-5-4-14(11-19)18(23)21-8-6-20(7-9-21)17(22)13-2-3-15-16(10-13)25-12-24-15/h2-5,10-11H,6-9,12H2,1H3. The highest BCUT2D eigenvalue weighted by atomic mass is 16.7. The molecule has 0 radical (unpaired) electrons. The van der Waals surface area contributed by atoms with E-state index < -0.39 is 0 Å². The first kappa shape index (κ1) is 15.6. The minimum Gasteiger partial charge on any atom is -0.454 e. The number of fused-ring (bicyclic) bond motifs is 1. The second-order valence-electron chi connectivity index (χ2n) is 6.22. The lowest BCUT2D eigenvalue weighted by molar-refractivity contribution is 0.0535. The van der Waals surface area contributed by atoms with Gasteiger partial charge < -0.3 is 23.8 Å². The third kappa shape index (κ3) is 2.93. The summed E-state index contributed by atoms with van der Waals surface area (Å²) in [6.07, 6.45) is 3.67. The fraction of sp³-hybridized carbons (Fsp3) is 0.333. The molecule has 2 aliphatic heterocycles. The van der Waals surface area contributed by atoms with Crippen molar-refractivity contribution in [3.8, 4) is 11.5 Å². The number of benzene rings is 1. The molecule has 1 saturated heterocycles. The van der Waals surface area contributed by atoms with Gasteiger partial charge in [-0.1, -0.05) is 0 Å². The number of nitrogens with zero attached hydrogens (tertiary/aromatic N) is 3. The van der Waals surface area contributed by atoms with Gasteiger partial charge in [0.05, 0.1) is 5.56 Å². The highest BCUT2D eigenvalue weighted by Gasteiger charge is 2.26. The molecule has 3 heterocycles. The minimum atomic E-state index is -0.0508. The Labute approximate surface area is 145 Å². The first-order chi connectivity index (χ1) is 12.1. The van der Waals surface area contributed by atoms with E-state index in [1.54, 1.807) is 28.0 Å². The molecule has 130 valence electrons. The monoisotopic (exact) mass is 341 g/mol. The van der Waals surface area contributed by atoms with Crippen molar-refractivity contribution in [2.24, 2.45) is 7.05 Å². The van der Waals surface area contributed by atoms with Gasteiger partial charge in [-0.15, -0.1) is 0 Å². The molecule has 25 heavy (non-hydrogen) atoms. The van der Waals surface area contributed by atoms with Crippen LogP contribution in [0.2, 0.25) is 0 Å². The van der Waals surface area contributed by atoms with Crippen LogP contribution in [0.25, 0.3) is 0 Å². The number of hydrogen-bond donors (Lipinski definition) is 0. The predicted molar refractivity (Wildman–Crippen MR) is 89.8 cm³/mol.